The fourth-order valence-electron chi connectivity index (χ4n) is 4.38. The Kier molecular flexibility index (Phi) is 6.21. The van der Waals surface area contributed by atoms with Crippen molar-refractivity contribution in [1.82, 2.24) is 14.8 Å². The SMILES string of the molecule is CCN1C(=O)c2c(OC)c(=O)c(C(=O)NCc3cccc(Cl)c3F)cn2[C@H]2CCOC[C@H]21. The second-order valence-electron chi connectivity index (χ2n) is 7.65. The molecule has 10 heteroatoms. The Balaban J connectivity index is 1.73. The number of halogens is 2. The van der Waals surface area contributed by atoms with E-state index in [2.05, 4.69) is 5.32 Å². The summed E-state index contributed by atoms with van der Waals surface area (Å²) in [5.41, 5.74) is -0.567. The number of nitrogens with zero attached hydrogens (tertiary/aromatic N) is 2. The zero-order chi connectivity index (χ0) is 23.0. The summed E-state index contributed by atoms with van der Waals surface area (Å²) in [6, 6.07) is 4.09. The van der Waals surface area contributed by atoms with Crippen LogP contribution >= 0.6 is 11.6 Å². The molecule has 1 N–H and O–H groups in total. The number of rotatable bonds is 5. The number of carbonyl (C=O) groups excluding carboxylic acids is 2. The minimum atomic E-state index is -0.697. The average Bonchev–Trinajstić information content (AvgIpc) is 2.80. The van der Waals surface area contributed by atoms with Crippen molar-refractivity contribution in [2.45, 2.75) is 32.0 Å². The molecule has 2 aliphatic rings. The maximum Gasteiger partial charge on any atom is 0.274 e. The van der Waals surface area contributed by atoms with Gasteiger partial charge in [-0.3, -0.25) is 14.4 Å². The summed E-state index contributed by atoms with van der Waals surface area (Å²) in [5, 5.41) is 2.50. The van der Waals surface area contributed by atoms with Crippen molar-refractivity contribution in [3.05, 3.63) is 62.3 Å². The number of methoxy groups -OCH3 is 1. The van der Waals surface area contributed by atoms with Gasteiger partial charge in [0.05, 0.1) is 30.8 Å². The number of amides is 2. The van der Waals surface area contributed by atoms with E-state index < -0.39 is 17.2 Å². The number of ether oxygens (including phenoxy) is 2. The maximum absolute atomic E-state index is 14.2. The average molecular weight is 464 g/mol. The van der Waals surface area contributed by atoms with Crippen LogP contribution in [0, 0.1) is 5.82 Å². The molecule has 2 aliphatic heterocycles. The first-order valence-corrected chi connectivity index (χ1v) is 10.7. The van der Waals surface area contributed by atoms with Crippen molar-refractivity contribution in [2.75, 3.05) is 26.9 Å². The van der Waals surface area contributed by atoms with Gasteiger partial charge in [-0.25, -0.2) is 4.39 Å². The Morgan fingerprint density at radius 2 is 2.12 bits per heavy atom. The summed E-state index contributed by atoms with van der Waals surface area (Å²) in [4.78, 5) is 40.8. The zero-order valence-electron chi connectivity index (χ0n) is 17.7. The number of hydrogen-bond acceptors (Lipinski definition) is 5. The molecule has 4 rings (SSSR count). The largest absolute Gasteiger partial charge is 0.491 e. The molecule has 0 unspecified atom stereocenters. The number of likely N-dealkylation sites (N-methyl/N-ethyl adjacent to an activating group) is 1. The number of fused-ring (bicyclic) bond motifs is 3. The summed E-state index contributed by atoms with van der Waals surface area (Å²) >= 11 is 5.79. The van der Waals surface area contributed by atoms with Gasteiger partial charge in [-0.1, -0.05) is 23.7 Å². The molecule has 0 spiro atoms. The number of benzene rings is 1. The van der Waals surface area contributed by atoms with E-state index in [9.17, 15) is 18.8 Å². The first kappa shape index (κ1) is 22.3. The van der Waals surface area contributed by atoms with E-state index in [0.717, 1.165) is 0 Å². The molecule has 2 atom stereocenters. The third kappa shape index (κ3) is 3.65. The van der Waals surface area contributed by atoms with Crippen molar-refractivity contribution in [3.8, 4) is 5.75 Å². The summed E-state index contributed by atoms with van der Waals surface area (Å²) in [6.45, 7) is 3.02. The Labute approximate surface area is 188 Å². The van der Waals surface area contributed by atoms with Crippen molar-refractivity contribution in [1.29, 1.82) is 0 Å². The molecule has 3 heterocycles. The Bertz CT molecular complexity index is 1140. The quantitative estimate of drug-likeness (QED) is 0.735. The van der Waals surface area contributed by atoms with Gasteiger partial charge < -0.3 is 24.3 Å². The predicted molar refractivity (Wildman–Crippen MR) is 115 cm³/mol. The first-order valence-electron chi connectivity index (χ1n) is 10.3. The molecule has 0 bridgehead atoms. The van der Waals surface area contributed by atoms with Gasteiger partial charge in [0.15, 0.2) is 11.4 Å². The summed E-state index contributed by atoms with van der Waals surface area (Å²) in [5.74, 6) is -1.86. The Hall–Kier alpha value is -2.91. The Morgan fingerprint density at radius 1 is 1.34 bits per heavy atom. The van der Waals surface area contributed by atoms with Crippen molar-refractivity contribution in [3.63, 3.8) is 0 Å². The van der Waals surface area contributed by atoms with E-state index in [4.69, 9.17) is 21.1 Å². The van der Waals surface area contributed by atoms with E-state index in [1.165, 1.54) is 25.4 Å². The second-order valence-corrected chi connectivity index (χ2v) is 8.05. The molecule has 170 valence electrons. The molecule has 0 aliphatic carbocycles. The van der Waals surface area contributed by atoms with Gasteiger partial charge in [-0.2, -0.15) is 0 Å². The molecule has 1 aromatic heterocycles. The number of pyridine rings is 1. The van der Waals surface area contributed by atoms with Crippen LogP contribution in [0.2, 0.25) is 5.02 Å². The molecular formula is C22H23ClFN3O5. The first-order chi connectivity index (χ1) is 15.4. The lowest BCUT2D eigenvalue weighted by Gasteiger charge is -2.45. The third-order valence-corrected chi connectivity index (χ3v) is 6.26. The van der Waals surface area contributed by atoms with Crippen LogP contribution in [0.4, 0.5) is 4.39 Å². The number of nitrogens with one attached hydrogen (secondary N) is 1. The maximum atomic E-state index is 14.2. The molecule has 8 nitrogen and oxygen atoms in total. The highest BCUT2D eigenvalue weighted by atomic mass is 35.5. The van der Waals surface area contributed by atoms with Crippen molar-refractivity contribution >= 4 is 23.4 Å². The van der Waals surface area contributed by atoms with E-state index >= 15 is 0 Å². The minimum Gasteiger partial charge on any atom is -0.491 e. The smallest absolute Gasteiger partial charge is 0.274 e. The normalized spacial score (nSPS) is 19.9. The molecule has 2 amide bonds. The predicted octanol–water partition coefficient (Wildman–Crippen LogP) is 2.39. The number of carbonyl (C=O) groups is 2. The molecule has 1 fully saturated rings. The van der Waals surface area contributed by atoms with Crippen LogP contribution in [0.25, 0.3) is 0 Å². The highest BCUT2D eigenvalue weighted by Gasteiger charge is 2.43. The monoisotopic (exact) mass is 463 g/mol. The minimum absolute atomic E-state index is 0.0585. The van der Waals surface area contributed by atoms with Crippen LogP contribution < -0.4 is 15.5 Å². The lowest BCUT2D eigenvalue weighted by molar-refractivity contribution is -0.0176. The lowest BCUT2D eigenvalue weighted by atomic mass is 9.96. The van der Waals surface area contributed by atoms with Gasteiger partial charge in [-0.05, 0) is 19.4 Å². The molecular weight excluding hydrogens is 441 g/mol. The van der Waals surface area contributed by atoms with Gasteiger partial charge in [0.2, 0.25) is 5.43 Å². The van der Waals surface area contributed by atoms with E-state index in [1.54, 1.807) is 15.5 Å². The van der Waals surface area contributed by atoms with Crippen LogP contribution in [0.15, 0.2) is 29.2 Å². The molecule has 1 saturated heterocycles. The fraction of sp³-hybridized carbons (Fsp3) is 0.409. The molecule has 32 heavy (non-hydrogen) atoms. The van der Waals surface area contributed by atoms with Crippen LogP contribution in [0.5, 0.6) is 5.75 Å². The van der Waals surface area contributed by atoms with Crippen LogP contribution in [0.1, 0.15) is 45.8 Å². The van der Waals surface area contributed by atoms with Crippen LogP contribution in [0.3, 0.4) is 0 Å². The summed E-state index contributed by atoms with van der Waals surface area (Å²) in [6.07, 6.45) is 2.01. The van der Waals surface area contributed by atoms with Crippen LogP contribution in [-0.2, 0) is 11.3 Å². The Morgan fingerprint density at radius 3 is 2.84 bits per heavy atom. The van der Waals surface area contributed by atoms with Crippen LogP contribution in [-0.4, -0.2) is 54.2 Å². The van der Waals surface area contributed by atoms with Crippen molar-refractivity contribution in [2.24, 2.45) is 0 Å². The number of aromatic nitrogens is 1. The van der Waals surface area contributed by atoms with E-state index in [0.29, 0.717) is 26.2 Å². The lowest BCUT2D eigenvalue weighted by Crippen LogP contribution is -2.55. The van der Waals surface area contributed by atoms with Gasteiger partial charge in [0.1, 0.15) is 11.4 Å². The molecule has 0 saturated carbocycles. The van der Waals surface area contributed by atoms with Crippen molar-refractivity contribution < 1.29 is 23.5 Å². The highest BCUT2D eigenvalue weighted by Crippen LogP contribution is 2.35. The summed E-state index contributed by atoms with van der Waals surface area (Å²) < 4.78 is 26.7. The summed E-state index contributed by atoms with van der Waals surface area (Å²) in [7, 11) is 1.29. The van der Waals surface area contributed by atoms with E-state index in [-0.39, 0.29) is 52.1 Å². The fourth-order valence-corrected chi connectivity index (χ4v) is 4.58. The standard InChI is InChI=1S/C22H23ClFN3O5/c1-3-26-16-11-32-8-7-15(16)27-10-13(19(28)20(31-2)18(27)22(26)30)21(29)25-9-12-5-4-6-14(23)17(12)24/h4-6,10,15-16H,3,7-9,11H2,1-2H3,(H,25,29)/t15-,16+/m0/s1. The third-order valence-electron chi connectivity index (χ3n) is 5.96. The molecule has 1 aromatic carbocycles. The molecule has 0 radical (unpaired) electrons. The number of hydrogen-bond donors (Lipinski definition) is 1. The second kappa shape index (κ2) is 8.91. The zero-order valence-corrected chi connectivity index (χ0v) is 18.4. The van der Waals surface area contributed by atoms with Gasteiger partial charge in [0.25, 0.3) is 11.8 Å². The molecule has 2 aromatic rings. The topological polar surface area (TPSA) is 89.9 Å². The van der Waals surface area contributed by atoms with E-state index in [1.807, 2.05) is 6.92 Å². The highest BCUT2D eigenvalue weighted by molar-refractivity contribution is 6.30. The van der Waals surface area contributed by atoms with Gasteiger partial charge >= 0.3 is 0 Å². The van der Waals surface area contributed by atoms with Gasteiger partial charge in [-0.15, -0.1) is 0 Å². The van der Waals surface area contributed by atoms with Gasteiger partial charge in [0, 0.05) is 31.5 Å².